The van der Waals surface area contributed by atoms with E-state index in [-0.39, 0.29) is 11.5 Å². The molecule has 0 amide bonds. The van der Waals surface area contributed by atoms with Crippen LogP contribution in [0.2, 0.25) is 0 Å². The van der Waals surface area contributed by atoms with E-state index in [9.17, 15) is 14.9 Å². The van der Waals surface area contributed by atoms with Gasteiger partial charge in [0.1, 0.15) is 11.5 Å². The molecule has 0 saturated heterocycles. The van der Waals surface area contributed by atoms with Crippen LogP contribution in [-0.4, -0.2) is 22.2 Å². The van der Waals surface area contributed by atoms with Gasteiger partial charge in [0.2, 0.25) is 0 Å². The van der Waals surface area contributed by atoms with Gasteiger partial charge in [0.15, 0.2) is 5.78 Å². The number of ether oxygens (including phenoxy) is 1. The summed E-state index contributed by atoms with van der Waals surface area (Å²) in [5, 5.41) is 10.6. The number of thioether (sulfide) groups is 1. The van der Waals surface area contributed by atoms with Gasteiger partial charge in [-0.1, -0.05) is 6.92 Å². The Morgan fingerprint density at radius 2 is 1.64 bits per heavy atom. The summed E-state index contributed by atoms with van der Waals surface area (Å²) in [6.07, 6.45) is 0. The predicted molar refractivity (Wildman–Crippen MR) is 86.9 cm³/mol. The molecule has 22 heavy (non-hydrogen) atoms. The Morgan fingerprint density at radius 3 is 2.14 bits per heavy atom. The van der Waals surface area contributed by atoms with Gasteiger partial charge in [-0.2, -0.15) is 11.8 Å². The lowest BCUT2D eigenvalue weighted by Crippen LogP contribution is -2.02. The fourth-order valence-electron chi connectivity index (χ4n) is 1.76. The van der Waals surface area contributed by atoms with Crippen molar-refractivity contribution in [3.05, 3.63) is 64.2 Å². The third kappa shape index (κ3) is 4.33. The number of benzene rings is 2. The van der Waals surface area contributed by atoms with Crippen LogP contribution in [-0.2, 0) is 0 Å². The van der Waals surface area contributed by atoms with Gasteiger partial charge >= 0.3 is 0 Å². The zero-order chi connectivity index (χ0) is 15.9. The molecule has 0 saturated carbocycles. The molecule has 2 rings (SSSR count). The Morgan fingerprint density at radius 1 is 1.09 bits per heavy atom. The van der Waals surface area contributed by atoms with Crippen LogP contribution < -0.4 is 4.74 Å². The molecule has 114 valence electrons. The number of rotatable bonds is 7. The number of carbonyl (C=O) groups is 1. The molecule has 0 aromatic heterocycles. The van der Waals surface area contributed by atoms with Gasteiger partial charge < -0.3 is 4.74 Å². The second-order valence-corrected chi connectivity index (χ2v) is 5.71. The quantitative estimate of drug-likeness (QED) is 0.432. The number of nitrogens with zero attached hydrogens (tertiary/aromatic N) is 1. The molecule has 0 fully saturated rings. The van der Waals surface area contributed by atoms with Crippen LogP contribution in [0.25, 0.3) is 0 Å². The third-order valence-corrected chi connectivity index (χ3v) is 3.77. The van der Waals surface area contributed by atoms with Crippen LogP contribution >= 0.6 is 11.8 Å². The van der Waals surface area contributed by atoms with E-state index in [1.165, 1.54) is 24.3 Å². The largest absolute Gasteiger partial charge is 0.457 e. The zero-order valence-electron chi connectivity index (χ0n) is 12.0. The standard InChI is InChI=1S/C16H15NO4S/c1-2-22-11-16(18)12-3-7-14(8-4-12)21-15-9-5-13(6-10-15)17(19)20/h3-10H,2,11H2,1H3. The van der Waals surface area contributed by atoms with E-state index in [1.54, 1.807) is 36.0 Å². The van der Waals surface area contributed by atoms with Gasteiger partial charge in [0, 0.05) is 17.7 Å². The molecule has 6 heteroatoms. The highest BCUT2D eigenvalue weighted by atomic mass is 32.2. The van der Waals surface area contributed by atoms with Crippen molar-refractivity contribution in [1.29, 1.82) is 0 Å². The summed E-state index contributed by atoms with van der Waals surface area (Å²) >= 11 is 1.59. The van der Waals surface area contributed by atoms with Crippen molar-refractivity contribution in [2.75, 3.05) is 11.5 Å². The average molecular weight is 317 g/mol. The second kappa shape index (κ2) is 7.61. The van der Waals surface area contributed by atoms with Crippen LogP contribution in [0.3, 0.4) is 0 Å². The van der Waals surface area contributed by atoms with Crippen LogP contribution in [0.4, 0.5) is 5.69 Å². The minimum absolute atomic E-state index is 0.0155. The fraction of sp³-hybridized carbons (Fsp3) is 0.188. The topological polar surface area (TPSA) is 69.4 Å². The highest BCUT2D eigenvalue weighted by Crippen LogP contribution is 2.24. The Balaban J connectivity index is 2.01. The Kier molecular flexibility index (Phi) is 5.55. The molecule has 0 unspecified atom stereocenters. The molecular formula is C16H15NO4S. The fourth-order valence-corrected chi connectivity index (χ4v) is 2.32. The summed E-state index contributed by atoms with van der Waals surface area (Å²) < 4.78 is 5.59. The van der Waals surface area contributed by atoms with Crippen molar-refractivity contribution >= 4 is 23.2 Å². The first-order chi connectivity index (χ1) is 10.6. The number of hydrogen-bond donors (Lipinski definition) is 0. The van der Waals surface area contributed by atoms with Crippen molar-refractivity contribution in [2.45, 2.75) is 6.92 Å². The monoisotopic (exact) mass is 317 g/mol. The van der Waals surface area contributed by atoms with E-state index in [1.807, 2.05) is 6.92 Å². The van der Waals surface area contributed by atoms with Crippen molar-refractivity contribution in [3.63, 3.8) is 0 Å². The zero-order valence-corrected chi connectivity index (χ0v) is 12.8. The number of Topliss-reactive ketones (excluding diaryl/α,β-unsaturated/α-hetero) is 1. The number of nitro benzene ring substituents is 1. The molecule has 5 nitrogen and oxygen atoms in total. The second-order valence-electron chi connectivity index (χ2n) is 4.44. The summed E-state index contributed by atoms with van der Waals surface area (Å²) in [6, 6.07) is 12.7. The van der Waals surface area contributed by atoms with Crippen molar-refractivity contribution in [3.8, 4) is 11.5 Å². The van der Waals surface area contributed by atoms with Crippen LogP contribution in [0.5, 0.6) is 11.5 Å². The van der Waals surface area contributed by atoms with Gasteiger partial charge in [-0.25, -0.2) is 0 Å². The van der Waals surface area contributed by atoms with E-state index in [0.717, 1.165) is 5.75 Å². The first-order valence-corrected chi connectivity index (χ1v) is 7.89. The smallest absolute Gasteiger partial charge is 0.269 e. The molecule has 0 atom stereocenters. The van der Waals surface area contributed by atoms with Crippen molar-refractivity contribution < 1.29 is 14.5 Å². The minimum atomic E-state index is -0.460. The molecule has 2 aromatic carbocycles. The van der Waals surface area contributed by atoms with Crippen LogP contribution in [0, 0.1) is 10.1 Å². The lowest BCUT2D eigenvalue weighted by Gasteiger charge is -2.06. The molecule has 0 spiro atoms. The van der Waals surface area contributed by atoms with Crippen LogP contribution in [0.1, 0.15) is 17.3 Å². The molecule has 0 heterocycles. The molecule has 0 bridgehead atoms. The van der Waals surface area contributed by atoms with Gasteiger partial charge in [0.05, 0.1) is 10.7 Å². The summed E-state index contributed by atoms with van der Waals surface area (Å²) in [6.45, 7) is 2.01. The normalized spacial score (nSPS) is 10.2. The Labute approximate surface area is 132 Å². The molecule has 0 N–H and O–H groups in total. The van der Waals surface area contributed by atoms with Crippen molar-refractivity contribution in [1.82, 2.24) is 0 Å². The molecular weight excluding hydrogens is 302 g/mol. The van der Waals surface area contributed by atoms with E-state index >= 15 is 0 Å². The Hall–Kier alpha value is -2.34. The SMILES string of the molecule is CCSCC(=O)c1ccc(Oc2ccc([N+](=O)[O-])cc2)cc1. The maximum absolute atomic E-state index is 11.8. The maximum Gasteiger partial charge on any atom is 0.269 e. The maximum atomic E-state index is 11.8. The van der Waals surface area contributed by atoms with E-state index in [2.05, 4.69) is 0 Å². The predicted octanol–water partition coefficient (Wildman–Crippen LogP) is 4.32. The first kappa shape index (κ1) is 16.0. The van der Waals surface area contributed by atoms with E-state index < -0.39 is 4.92 Å². The summed E-state index contributed by atoms with van der Waals surface area (Å²) in [7, 11) is 0. The van der Waals surface area contributed by atoms with Crippen molar-refractivity contribution in [2.24, 2.45) is 0 Å². The number of non-ortho nitro benzene ring substituents is 1. The lowest BCUT2D eigenvalue weighted by atomic mass is 10.1. The number of carbonyl (C=O) groups excluding carboxylic acids is 1. The Bertz CT molecular complexity index is 653. The van der Waals surface area contributed by atoms with Gasteiger partial charge in [-0.15, -0.1) is 0 Å². The van der Waals surface area contributed by atoms with Gasteiger partial charge in [-0.05, 0) is 42.2 Å². The van der Waals surface area contributed by atoms with Gasteiger partial charge in [0.25, 0.3) is 5.69 Å². The van der Waals surface area contributed by atoms with Crippen LogP contribution in [0.15, 0.2) is 48.5 Å². The highest BCUT2D eigenvalue weighted by molar-refractivity contribution is 7.99. The summed E-state index contributed by atoms with van der Waals surface area (Å²) in [4.78, 5) is 22.0. The summed E-state index contributed by atoms with van der Waals surface area (Å²) in [5.74, 6) is 2.56. The highest BCUT2D eigenvalue weighted by Gasteiger charge is 2.07. The molecule has 0 aliphatic heterocycles. The summed E-state index contributed by atoms with van der Waals surface area (Å²) in [5.41, 5.74) is 0.665. The minimum Gasteiger partial charge on any atom is -0.457 e. The number of nitro groups is 1. The van der Waals surface area contributed by atoms with E-state index in [0.29, 0.717) is 22.8 Å². The van der Waals surface area contributed by atoms with Gasteiger partial charge in [-0.3, -0.25) is 14.9 Å². The molecule has 0 radical (unpaired) electrons. The number of ketones is 1. The molecule has 2 aromatic rings. The number of hydrogen-bond acceptors (Lipinski definition) is 5. The third-order valence-electron chi connectivity index (χ3n) is 2.90. The average Bonchev–Trinajstić information content (AvgIpc) is 2.54. The first-order valence-electron chi connectivity index (χ1n) is 6.73. The lowest BCUT2D eigenvalue weighted by molar-refractivity contribution is -0.384. The van der Waals surface area contributed by atoms with E-state index in [4.69, 9.17) is 4.74 Å². The molecule has 0 aliphatic carbocycles. The molecule has 0 aliphatic rings.